The van der Waals surface area contributed by atoms with Crippen LogP contribution < -0.4 is 5.32 Å². The largest absolute Gasteiger partial charge is 0.314 e. The molecule has 3 rings (SSSR count). The minimum absolute atomic E-state index is 0. The molecular formula is C15H13Cl2F5N2S. The summed E-state index contributed by atoms with van der Waals surface area (Å²) in [5.74, 6) is -9.64. The second-order valence-corrected chi connectivity index (χ2v) is 7.06. The van der Waals surface area contributed by atoms with Crippen molar-refractivity contribution in [3.05, 3.63) is 56.0 Å². The van der Waals surface area contributed by atoms with Crippen molar-refractivity contribution < 1.29 is 22.0 Å². The third-order valence-electron chi connectivity index (χ3n) is 3.90. The fraction of sp³-hybridized carbons (Fsp3) is 0.333. The Hall–Kier alpha value is -0.930. The van der Waals surface area contributed by atoms with Crippen molar-refractivity contribution in [2.45, 2.75) is 6.04 Å². The van der Waals surface area contributed by atoms with Gasteiger partial charge >= 0.3 is 0 Å². The van der Waals surface area contributed by atoms with Crippen LogP contribution in [0.25, 0.3) is 0 Å². The van der Waals surface area contributed by atoms with E-state index in [0.29, 0.717) is 35.4 Å². The van der Waals surface area contributed by atoms with Gasteiger partial charge in [0.1, 0.15) is 0 Å². The number of piperazine rings is 1. The van der Waals surface area contributed by atoms with Gasteiger partial charge in [-0.2, -0.15) is 0 Å². The van der Waals surface area contributed by atoms with E-state index in [9.17, 15) is 22.0 Å². The highest BCUT2D eigenvalue weighted by Gasteiger charge is 2.35. The second kappa shape index (κ2) is 8.18. The first-order valence-corrected chi connectivity index (χ1v) is 8.32. The first-order chi connectivity index (χ1) is 11.4. The van der Waals surface area contributed by atoms with Crippen molar-refractivity contribution in [1.82, 2.24) is 10.2 Å². The molecule has 1 aromatic heterocycles. The molecule has 2 nitrogen and oxygen atoms in total. The minimum atomic E-state index is -2.16. The van der Waals surface area contributed by atoms with Crippen LogP contribution in [0.1, 0.15) is 16.5 Å². The molecule has 2 heterocycles. The van der Waals surface area contributed by atoms with Gasteiger partial charge in [0.25, 0.3) is 0 Å². The fourth-order valence-corrected chi connectivity index (χ4v) is 3.99. The first-order valence-electron chi connectivity index (χ1n) is 7.13. The first kappa shape index (κ1) is 20.4. The van der Waals surface area contributed by atoms with E-state index in [0.717, 1.165) is 11.3 Å². The van der Waals surface area contributed by atoms with E-state index in [-0.39, 0.29) is 12.4 Å². The Labute approximate surface area is 156 Å². The maximum Gasteiger partial charge on any atom is 0.200 e. The maximum absolute atomic E-state index is 14.3. The molecule has 25 heavy (non-hydrogen) atoms. The van der Waals surface area contributed by atoms with Crippen molar-refractivity contribution in [3.63, 3.8) is 0 Å². The molecule has 0 amide bonds. The third kappa shape index (κ3) is 3.78. The van der Waals surface area contributed by atoms with Crippen LogP contribution >= 0.6 is 35.3 Å². The molecule has 0 bridgehead atoms. The van der Waals surface area contributed by atoms with Crippen molar-refractivity contribution >= 4 is 35.3 Å². The highest BCUT2D eigenvalue weighted by Crippen LogP contribution is 2.39. The van der Waals surface area contributed by atoms with Crippen molar-refractivity contribution in [3.8, 4) is 0 Å². The minimum Gasteiger partial charge on any atom is -0.314 e. The van der Waals surface area contributed by atoms with Crippen LogP contribution in [-0.2, 0) is 0 Å². The molecule has 0 aliphatic carbocycles. The number of thiophene rings is 1. The number of hydrogen-bond donors (Lipinski definition) is 1. The topological polar surface area (TPSA) is 15.3 Å². The van der Waals surface area contributed by atoms with E-state index in [1.54, 1.807) is 4.90 Å². The van der Waals surface area contributed by atoms with E-state index in [1.165, 1.54) is 12.1 Å². The summed E-state index contributed by atoms with van der Waals surface area (Å²) >= 11 is 6.94. The molecule has 10 heteroatoms. The molecular weight excluding hydrogens is 406 g/mol. The Morgan fingerprint density at radius 2 is 1.44 bits per heavy atom. The summed E-state index contributed by atoms with van der Waals surface area (Å²) in [7, 11) is 0. The zero-order chi connectivity index (χ0) is 17.4. The Balaban J connectivity index is 0.00000225. The van der Waals surface area contributed by atoms with Gasteiger partial charge in [0.05, 0.1) is 15.9 Å². The molecule has 1 N–H and O–H groups in total. The molecule has 1 fully saturated rings. The van der Waals surface area contributed by atoms with Gasteiger partial charge in [-0.15, -0.1) is 23.7 Å². The lowest BCUT2D eigenvalue weighted by Gasteiger charge is -2.35. The summed E-state index contributed by atoms with van der Waals surface area (Å²) in [5.41, 5.74) is -0.841. The summed E-state index contributed by atoms with van der Waals surface area (Å²) in [6.07, 6.45) is 0. The standard InChI is InChI=1S/C15H12ClF5N2S.ClH/c16-8-2-1-7(24-8)15(23-5-3-22-4-6-23)9-10(17)12(19)14(21)13(20)11(9)18;/h1-2,15,22H,3-6H2;1H/t15-;/m0./s1. The van der Waals surface area contributed by atoms with Gasteiger partial charge in [-0.1, -0.05) is 11.6 Å². The van der Waals surface area contributed by atoms with E-state index >= 15 is 0 Å². The summed E-state index contributed by atoms with van der Waals surface area (Å²) in [4.78, 5) is 2.10. The lowest BCUT2D eigenvalue weighted by Crippen LogP contribution is -2.45. The number of nitrogens with zero attached hydrogens (tertiary/aromatic N) is 1. The average Bonchev–Trinajstić information content (AvgIpc) is 3.01. The van der Waals surface area contributed by atoms with Crippen LogP contribution in [0, 0.1) is 29.1 Å². The van der Waals surface area contributed by atoms with Crippen LogP contribution in [0.5, 0.6) is 0 Å². The number of benzene rings is 1. The molecule has 0 unspecified atom stereocenters. The Kier molecular flexibility index (Phi) is 6.67. The summed E-state index contributed by atoms with van der Waals surface area (Å²) < 4.78 is 69.6. The Bertz CT molecular complexity index is 736. The van der Waals surface area contributed by atoms with Crippen molar-refractivity contribution in [2.75, 3.05) is 26.2 Å². The summed E-state index contributed by atoms with van der Waals surface area (Å²) in [6.45, 7) is 1.90. The highest BCUT2D eigenvalue weighted by atomic mass is 35.5. The molecule has 1 atom stereocenters. The number of halogens is 7. The highest BCUT2D eigenvalue weighted by molar-refractivity contribution is 7.16. The molecule has 1 aromatic carbocycles. The summed E-state index contributed by atoms with van der Waals surface area (Å²) in [5, 5.41) is 3.08. The molecule has 1 aliphatic heterocycles. The number of nitrogens with one attached hydrogen (secondary N) is 1. The predicted octanol–water partition coefficient (Wildman–Crippen LogP) is 4.51. The molecule has 0 spiro atoms. The van der Waals surface area contributed by atoms with Gasteiger partial charge in [-0.3, -0.25) is 4.90 Å². The zero-order valence-electron chi connectivity index (χ0n) is 12.6. The van der Waals surface area contributed by atoms with Crippen molar-refractivity contribution in [1.29, 1.82) is 0 Å². The lowest BCUT2D eigenvalue weighted by atomic mass is 10.0. The zero-order valence-corrected chi connectivity index (χ0v) is 15.0. The van der Waals surface area contributed by atoms with Crippen LogP contribution in [0.3, 0.4) is 0 Å². The lowest BCUT2D eigenvalue weighted by molar-refractivity contribution is 0.190. The van der Waals surface area contributed by atoms with Gasteiger partial charge in [-0.25, -0.2) is 22.0 Å². The smallest absolute Gasteiger partial charge is 0.200 e. The van der Waals surface area contributed by atoms with E-state index < -0.39 is 40.7 Å². The molecule has 1 saturated heterocycles. The molecule has 1 aliphatic rings. The van der Waals surface area contributed by atoms with Gasteiger partial charge in [0.15, 0.2) is 23.3 Å². The Morgan fingerprint density at radius 1 is 0.920 bits per heavy atom. The van der Waals surface area contributed by atoms with E-state index in [4.69, 9.17) is 11.6 Å². The quantitative estimate of drug-likeness (QED) is 0.448. The van der Waals surface area contributed by atoms with Crippen LogP contribution in [0.15, 0.2) is 12.1 Å². The van der Waals surface area contributed by atoms with Gasteiger partial charge in [0, 0.05) is 31.1 Å². The van der Waals surface area contributed by atoms with Crippen LogP contribution in [0.4, 0.5) is 22.0 Å². The predicted molar refractivity (Wildman–Crippen MR) is 89.1 cm³/mol. The molecule has 138 valence electrons. The Morgan fingerprint density at radius 3 is 1.92 bits per heavy atom. The molecule has 2 aromatic rings. The van der Waals surface area contributed by atoms with E-state index in [2.05, 4.69) is 5.32 Å². The second-order valence-electron chi connectivity index (χ2n) is 5.31. The van der Waals surface area contributed by atoms with Crippen molar-refractivity contribution in [2.24, 2.45) is 0 Å². The third-order valence-corrected chi connectivity index (χ3v) is 5.18. The van der Waals surface area contributed by atoms with Crippen LogP contribution in [0.2, 0.25) is 4.34 Å². The molecule has 0 saturated carbocycles. The van der Waals surface area contributed by atoms with Gasteiger partial charge < -0.3 is 5.32 Å². The average molecular weight is 419 g/mol. The number of hydrogen-bond acceptors (Lipinski definition) is 3. The SMILES string of the molecule is Cl.Fc1c(F)c(F)c([C@H](c2ccc(Cl)s2)N2CCNCC2)c(F)c1F. The summed E-state index contributed by atoms with van der Waals surface area (Å²) in [6, 6.07) is 1.98. The van der Waals surface area contributed by atoms with Gasteiger partial charge in [-0.05, 0) is 12.1 Å². The fourth-order valence-electron chi connectivity index (χ4n) is 2.78. The molecule has 0 radical (unpaired) electrons. The monoisotopic (exact) mass is 418 g/mol. The van der Waals surface area contributed by atoms with Crippen LogP contribution in [-0.4, -0.2) is 31.1 Å². The van der Waals surface area contributed by atoms with E-state index in [1.807, 2.05) is 0 Å². The van der Waals surface area contributed by atoms with Gasteiger partial charge in [0.2, 0.25) is 5.82 Å². The number of rotatable bonds is 3. The normalized spacial score (nSPS) is 16.6. The maximum atomic E-state index is 14.3.